The van der Waals surface area contributed by atoms with Crippen LogP contribution in [-0.2, 0) is 0 Å². The van der Waals surface area contributed by atoms with Gasteiger partial charge in [-0.05, 0) is 25.0 Å². The number of nitrogens with zero attached hydrogens (tertiary/aromatic N) is 3. The molecule has 1 aliphatic rings. The summed E-state index contributed by atoms with van der Waals surface area (Å²) in [4.78, 5) is 18.2. The molecule has 1 N–H and O–H groups in total. The van der Waals surface area contributed by atoms with Crippen LogP contribution in [0.5, 0.6) is 0 Å². The third kappa shape index (κ3) is 2.45. The van der Waals surface area contributed by atoms with Gasteiger partial charge < -0.3 is 10.2 Å². The van der Waals surface area contributed by atoms with Gasteiger partial charge in [-0.1, -0.05) is 12.1 Å². The van der Waals surface area contributed by atoms with Gasteiger partial charge in [0.15, 0.2) is 0 Å². The molecular formula is C14H16N4O. The first-order valence-corrected chi connectivity index (χ1v) is 6.48. The summed E-state index contributed by atoms with van der Waals surface area (Å²) in [6, 6.07) is 7.73. The Kier molecular flexibility index (Phi) is 3.18. The molecule has 1 fully saturated rings. The minimum Gasteiger partial charge on any atom is -0.370 e. The predicted octanol–water partition coefficient (Wildman–Crippen LogP) is 2.56. The van der Waals surface area contributed by atoms with E-state index < -0.39 is 0 Å². The average molecular weight is 256 g/mol. The predicted molar refractivity (Wildman–Crippen MR) is 74.5 cm³/mol. The molecule has 0 radical (unpaired) electrons. The normalized spacial score (nSPS) is 14.6. The van der Waals surface area contributed by atoms with Gasteiger partial charge in [0.05, 0.1) is 11.4 Å². The summed E-state index contributed by atoms with van der Waals surface area (Å²) in [5.41, 5.74) is 1.94. The first-order valence-electron chi connectivity index (χ1n) is 6.48. The molecule has 1 saturated heterocycles. The van der Waals surface area contributed by atoms with Crippen molar-refractivity contribution in [3.05, 3.63) is 43.0 Å². The second-order valence-electron chi connectivity index (χ2n) is 4.61. The SMILES string of the molecule is O=C(Nc1ccccc1N1CCCC1)n1ccnc1. The monoisotopic (exact) mass is 256 g/mol. The lowest BCUT2D eigenvalue weighted by molar-refractivity contribution is 0.253. The summed E-state index contributed by atoms with van der Waals surface area (Å²) in [6.45, 7) is 2.11. The minimum atomic E-state index is -0.191. The maximum atomic E-state index is 12.0. The van der Waals surface area contributed by atoms with Crippen molar-refractivity contribution in [3.8, 4) is 0 Å². The number of para-hydroxylation sites is 2. The Labute approximate surface area is 111 Å². The van der Waals surface area contributed by atoms with Crippen molar-refractivity contribution in [2.75, 3.05) is 23.3 Å². The molecule has 0 aliphatic carbocycles. The van der Waals surface area contributed by atoms with E-state index in [4.69, 9.17) is 0 Å². The summed E-state index contributed by atoms with van der Waals surface area (Å²) >= 11 is 0. The van der Waals surface area contributed by atoms with E-state index >= 15 is 0 Å². The molecule has 0 bridgehead atoms. The molecule has 98 valence electrons. The standard InChI is InChI=1S/C14H16N4O/c19-14(18-10-7-15-11-18)16-12-5-1-2-6-13(12)17-8-3-4-9-17/h1-2,5-7,10-11H,3-4,8-9H2,(H,16,19). The molecule has 1 aliphatic heterocycles. The van der Waals surface area contributed by atoms with E-state index in [1.54, 1.807) is 12.4 Å². The molecule has 19 heavy (non-hydrogen) atoms. The van der Waals surface area contributed by atoms with Crippen molar-refractivity contribution < 1.29 is 4.79 Å². The van der Waals surface area contributed by atoms with Gasteiger partial charge in [0.1, 0.15) is 6.33 Å². The highest BCUT2D eigenvalue weighted by atomic mass is 16.2. The molecule has 1 aromatic carbocycles. The van der Waals surface area contributed by atoms with Gasteiger partial charge in [0.25, 0.3) is 0 Å². The van der Waals surface area contributed by atoms with E-state index in [0.717, 1.165) is 24.5 Å². The number of carbonyl (C=O) groups excluding carboxylic acids is 1. The van der Waals surface area contributed by atoms with Crippen LogP contribution in [0.15, 0.2) is 43.0 Å². The maximum Gasteiger partial charge on any atom is 0.331 e. The van der Waals surface area contributed by atoms with Crippen LogP contribution in [0.4, 0.5) is 16.2 Å². The second-order valence-corrected chi connectivity index (χ2v) is 4.61. The van der Waals surface area contributed by atoms with E-state index in [1.165, 1.54) is 23.7 Å². The topological polar surface area (TPSA) is 50.2 Å². The number of anilines is 2. The molecule has 3 rings (SSSR count). The molecule has 5 nitrogen and oxygen atoms in total. The van der Waals surface area contributed by atoms with Gasteiger partial charge in [-0.2, -0.15) is 0 Å². The smallest absolute Gasteiger partial charge is 0.331 e. The summed E-state index contributed by atoms with van der Waals surface area (Å²) < 4.78 is 1.43. The molecule has 2 aromatic rings. The molecule has 5 heteroatoms. The van der Waals surface area contributed by atoms with E-state index in [2.05, 4.69) is 21.3 Å². The van der Waals surface area contributed by atoms with Gasteiger partial charge in [0, 0.05) is 25.5 Å². The Morgan fingerprint density at radius 3 is 2.74 bits per heavy atom. The van der Waals surface area contributed by atoms with Crippen LogP contribution in [0.1, 0.15) is 12.8 Å². The largest absolute Gasteiger partial charge is 0.370 e. The van der Waals surface area contributed by atoms with Crippen molar-refractivity contribution >= 4 is 17.4 Å². The van der Waals surface area contributed by atoms with E-state index in [9.17, 15) is 4.79 Å². The highest BCUT2D eigenvalue weighted by molar-refractivity contribution is 5.94. The Balaban J connectivity index is 1.82. The van der Waals surface area contributed by atoms with Crippen molar-refractivity contribution in [2.45, 2.75) is 12.8 Å². The summed E-state index contributed by atoms with van der Waals surface area (Å²) in [7, 11) is 0. The van der Waals surface area contributed by atoms with Crippen LogP contribution in [0.3, 0.4) is 0 Å². The molecule has 0 atom stereocenters. The number of hydrogen-bond acceptors (Lipinski definition) is 3. The summed E-state index contributed by atoms with van der Waals surface area (Å²) in [6.07, 6.45) is 7.14. The van der Waals surface area contributed by atoms with Gasteiger partial charge in [-0.15, -0.1) is 0 Å². The van der Waals surface area contributed by atoms with E-state index in [-0.39, 0.29) is 6.03 Å². The molecule has 1 amide bonds. The van der Waals surface area contributed by atoms with Crippen molar-refractivity contribution in [1.29, 1.82) is 0 Å². The maximum absolute atomic E-state index is 12.0. The van der Waals surface area contributed by atoms with Crippen molar-refractivity contribution in [2.24, 2.45) is 0 Å². The molecular weight excluding hydrogens is 240 g/mol. The molecule has 1 aromatic heterocycles. The third-order valence-corrected chi connectivity index (χ3v) is 3.33. The highest BCUT2D eigenvalue weighted by Crippen LogP contribution is 2.28. The van der Waals surface area contributed by atoms with Gasteiger partial charge in [-0.25, -0.2) is 9.78 Å². The molecule has 0 spiro atoms. The quantitative estimate of drug-likeness (QED) is 0.898. The molecule has 0 unspecified atom stereocenters. The number of amides is 1. The zero-order valence-electron chi connectivity index (χ0n) is 10.6. The first kappa shape index (κ1) is 11.8. The van der Waals surface area contributed by atoms with E-state index in [1.807, 2.05) is 18.2 Å². The van der Waals surface area contributed by atoms with Crippen LogP contribution in [-0.4, -0.2) is 28.7 Å². The number of aromatic nitrogens is 2. The van der Waals surface area contributed by atoms with Gasteiger partial charge in [-0.3, -0.25) is 4.57 Å². The number of imidazole rings is 1. The van der Waals surface area contributed by atoms with Crippen LogP contribution in [0.25, 0.3) is 0 Å². The second kappa shape index (κ2) is 5.14. The van der Waals surface area contributed by atoms with Crippen LogP contribution >= 0.6 is 0 Å². The lowest BCUT2D eigenvalue weighted by atomic mass is 10.2. The Hall–Kier alpha value is -2.30. The van der Waals surface area contributed by atoms with Crippen molar-refractivity contribution in [3.63, 3.8) is 0 Å². The third-order valence-electron chi connectivity index (χ3n) is 3.33. The summed E-state index contributed by atoms with van der Waals surface area (Å²) in [5.74, 6) is 0. The van der Waals surface area contributed by atoms with E-state index in [0.29, 0.717) is 0 Å². The van der Waals surface area contributed by atoms with Crippen molar-refractivity contribution in [1.82, 2.24) is 9.55 Å². The lowest BCUT2D eigenvalue weighted by Crippen LogP contribution is -2.23. The Bertz CT molecular complexity index is 559. The van der Waals surface area contributed by atoms with Crippen LogP contribution in [0.2, 0.25) is 0 Å². The highest BCUT2D eigenvalue weighted by Gasteiger charge is 2.16. The first-order chi connectivity index (χ1) is 9.34. The fourth-order valence-electron chi connectivity index (χ4n) is 2.37. The number of benzene rings is 1. The number of carbonyl (C=O) groups is 1. The Morgan fingerprint density at radius 1 is 1.21 bits per heavy atom. The average Bonchev–Trinajstić information content (AvgIpc) is 3.13. The molecule has 2 heterocycles. The summed E-state index contributed by atoms with van der Waals surface area (Å²) in [5, 5.41) is 2.93. The number of rotatable bonds is 2. The van der Waals surface area contributed by atoms with Crippen LogP contribution in [0, 0.1) is 0 Å². The zero-order valence-corrected chi connectivity index (χ0v) is 10.6. The Morgan fingerprint density at radius 2 is 2.00 bits per heavy atom. The zero-order chi connectivity index (χ0) is 13.1. The lowest BCUT2D eigenvalue weighted by Gasteiger charge is -2.21. The fraction of sp³-hybridized carbons (Fsp3) is 0.286. The minimum absolute atomic E-state index is 0.191. The van der Waals surface area contributed by atoms with Gasteiger partial charge in [0.2, 0.25) is 0 Å². The fourth-order valence-corrected chi connectivity index (χ4v) is 2.37. The van der Waals surface area contributed by atoms with Crippen LogP contribution < -0.4 is 10.2 Å². The molecule has 0 saturated carbocycles. The number of hydrogen-bond donors (Lipinski definition) is 1. The van der Waals surface area contributed by atoms with Gasteiger partial charge >= 0.3 is 6.03 Å². The number of nitrogens with one attached hydrogen (secondary N) is 1.